The molecule has 1 fully saturated rings. The van der Waals surface area contributed by atoms with Crippen molar-refractivity contribution >= 4 is 5.91 Å². The molecule has 0 aliphatic heterocycles. The third-order valence-electron chi connectivity index (χ3n) is 3.19. The van der Waals surface area contributed by atoms with Crippen molar-refractivity contribution < 1.29 is 4.79 Å². The SMILES string of the molecule is CN(CC1CCC1)C(=O)c1cccc(C#N)n1. The fraction of sp³-hybridized carbons (Fsp3) is 0.462. The van der Waals surface area contributed by atoms with E-state index in [9.17, 15) is 4.79 Å². The Morgan fingerprint density at radius 3 is 2.94 bits per heavy atom. The summed E-state index contributed by atoms with van der Waals surface area (Å²) in [7, 11) is 1.79. The van der Waals surface area contributed by atoms with Gasteiger partial charge in [0.05, 0.1) is 0 Å². The molecule has 1 aliphatic rings. The van der Waals surface area contributed by atoms with Gasteiger partial charge in [0.25, 0.3) is 5.91 Å². The summed E-state index contributed by atoms with van der Waals surface area (Å²) in [5, 5.41) is 8.74. The second kappa shape index (κ2) is 4.96. The van der Waals surface area contributed by atoms with E-state index in [4.69, 9.17) is 5.26 Å². The number of hydrogen-bond acceptors (Lipinski definition) is 3. The van der Waals surface area contributed by atoms with E-state index in [1.807, 2.05) is 6.07 Å². The van der Waals surface area contributed by atoms with Crippen molar-refractivity contribution in [3.63, 3.8) is 0 Å². The molecule has 4 nitrogen and oxygen atoms in total. The largest absolute Gasteiger partial charge is 0.340 e. The van der Waals surface area contributed by atoms with Gasteiger partial charge in [0, 0.05) is 13.6 Å². The van der Waals surface area contributed by atoms with E-state index in [2.05, 4.69) is 4.98 Å². The predicted molar refractivity (Wildman–Crippen MR) is 63.3 cm³/mol. The van der Waals surface area contributed by atoms with Crippen LogP contribution in [0.2, 0.25) is 0 Å². The molecular formula is C13H15N3O. The zero-order chi connectivity index (χ0) is 12.3. The maximum atomic E-state index is 12.0. The number of carbonyl (C=O) groups is 1. The molecule has 1 aromatic rings. The molecule has 1 heterocycles. The van der Waals surface area contributed by atoms with E-state index in [-0.39, 0.29) is 11.6 Å². The number of carbonyl (C=O) groups excluding carboxylic acids is 1. The van der Waals surface area contributed by atoms with Crippen molar-refractivity contribution in [3.05, 3.63) is 29.6 Å². The van der Waals surface area contributed by atoms with Gasteiger partial charge in [-0.25, -0.2) is 4.98 Å². The molecule has 0 spiro atoms. The minimum atomic E-state index is -0.103. The van der Waals surface area contributed by atoms with Gasteiger partial charge in [-0.3, -0.25) is 4.79 Å². The molecule has 0 aromatic carbocycles. The topological polar surface area (TPSA) is 57.0 Å². The fourth-order valence-electron chi connectivity index (χ4n) is 1.96. The Morgan fingerprint density at radius 2 is 2.35 bits per heavy atom. The molecule has 0 saturated heterocycles. The molecule has 1 saturated carbocycles. The first-order chi connectivity index (χ1) is 8.20. The molecule has 4 heteroatoms. The highest BCUT2D eigenvalue weighted by molar-refractivity contribution is 5.92. The van der Waals surface area contributed by atoms with Crippen molar-refractivity contribution in [2.45, 2.75) is 19.3 Å². The Hall–Kier alpha value is -1.89. The summed E-state index contributed by atoms with van der Waals surface area (Å²) in [6, 6.07) is 6.89. The van der Waals surface area contributed by atoms with Crippen LogP contribution in [-0.2, 0) is 0 Å². The second-order valence-corrected chi connectivity index (χ2v) is 4.50. The third-order valence-corrected chi connectivity index (χ3v) is 3.19. The van der Waals surface area contributed by atoms with E-state index in [1.165, 1.54) is 19.3 Å². The van der Waals surface area contributed by atoms with E-state index in [0.717, 1.165) is 6.54 Å². The Bertz CT molecular complexity index is 460. The normalized spacial score (nSPS) is 14.8. The molecule has 1 amide bonds. The van der Waals surface area contributed by atoms with Crippen molar-refractivity contribution in [2.75, 3.05) is 13.6 Å². The minimum absolute atomic E-state index is 0.103. The van der Waals surface area contributed by atoms with Crippen molar-refractivity contribution in [1.29, 1.82) is 5.26 Å². The van der Waals surface area contributed by atoms with Gasteiger partial charge in [-0.05, 0) is 30.9 Å². The van der Waals surface area contributed by atoms with Crippen LogP contribution in [0.15, 0.2) is 18.2 Å². The number of nitrogens with zero attached hydrogens (tertiary/aromatic N) is 3. The molecule has 0 unspecified atom stereocenters. The highest BCUT2D eigenvalue weighted by atomic mass is 16.2. The molecule has 17 heavy (non-hydrogen) atoms. The first-order valence-electron chi connectivity index (χ1n) is 5.83. The molecule has 0 N–H and O–H groups in total. The minimum Gasteiger partial charge on any atom is -0.340 e. The molecule has 1 aliphatic carbocycles. The zero-order valence-electron chi connectivity index (χ0n) is 9.89. The van der Waals surface area contributed by atoms with Crippen LogP contribution in [0, 0.1) is 17.2 Å². The number of aromatic nitrogens is 1. The fourth-order valence-corrected chi connectivity index (χ4v) is 1.96. The Morgan fingerprint density at radius 1 is 1.59 bits per heavy atom. The monoisotopic (exact) mass is 229 g/mol. The van der Waals surface area contributed by atoms with Gasteiger partial charge in [-0.1, -0.05) is 12.5 Å². The molecular weight excluding hydrogens is 214 g/mol. The number of amides is 1. The molecule has 0 bridgehead atoms. The highest BCUT2D eigenvalue weighted by Crippen LogP contribution is 2.26. The van der Waals surface area contributed by atoms with Crippen LogP contribution in [0.5, 0.6) is 0 Å². The van der Waals surface area contributed by atoms with Crippen LogP contribution in [0.3, 0.4) is 0 Å². The number of pyridine rings is 1. The smallest absolute Gasteiger partial charge is 0.272 e. The Kier molecular flexibility index (Phi) is 3.38. The molecule has 2 rings (SSSR count). The first-order valence-corrected chi connectivity index (χ1v) is 5.83. The second-order valence-electron chi connectivity index (χ2n) is 4.50. The maximum absolute atomic E-state index is 12.0. The quantitative estimate of drug-likeness (QED) is 0.794. The standard InChI is InChI=1S/C13H15N3O/c1-16(9-10-4-2-5-10)13(17)12-7-3-6-11(8-14)15-12/h3,6-7,10H,2,4-5,9H2,1H3. The van der Waals surface area contributed by atoms with E-state index >= 15 is 0 Å². The summed E-state index contributed by atoms with van der Waals surface area (Å²) < 4.78 is 0. The summed E-state index contributed by atoms with van der Waals surface area (Å²) in [4.78, 5) is 17.8. The number of hydrogen-bond donors (Lipinski definition) is 0. The highest BCUT2D eigenvalue weighted by Gasteiger charge is 2.22. The van der Waals surface area contributed by atoms with Crippen LogP contribution in [-0.4, -0.2) is 29.4 Å². The zero-order valence-corrected chi connectivity index (χ0v) is 9.89. The van der Waals surface area contributed by atoms with Crippen LogP contribution >= 0.6 is 0 Å². The first kappa shape index (κ1) is 11.6. The van der Waals surface area contributed by atoms with Crippen molar-refractivity contribution in [1.82, 2.24) is 9.88 Å². The van der Waals surface area contributed by atoms with Gasteiger partial charge in [0.1, 0.15) is 17.5 Å². The van der Waals surface area contributed by atoms with Gasteiger partial charge in [-0.2, -0.15) is 5.26 Å². The van der Waals surface area contributed by atoms with Gasteiger partial charge < -0.3 is 4.90 Å². The van der Waals surface area contributed by atoms with Crippen molar-refractivity contribution in [2.24, 2.45) is 5.92 Å². The van der Waals surface area contributed by atoms with Crippen molar-refractivity contribution in [3.8, 4) is 6.07 Å². The predicted octanol–water partition coefficient (Wildman–Crippen LogP) is 1.83. The summed E-state index contributed by atoms with van der Waals surface area (Å²) in [5.74, 6) is 0.539. The lowest BCUT2D eigenvalue weighted by Gasteiger charge is -2.29. The molecule has 1 aromatic heterocycles. The van der Waals surface area contributed by atoms with Gasteiger partial charge >= 0.3 is 0 Å². The van der Waals surface area contributed by atoms with E-state index in [1.54, 1.807) is 30.1 Å². The number of rotatable bonds is 3. The van der Waals surface area contributed by atoms with Gasteiger partial charge in [0.15, 0.2) is 0 Å². The third kappa shape index (κ3) is 2.62. The van der Waals surface area contributed by atoms with Gasteiger partial charge in [0.2, 0.25) is 0 Å². The lowest BCUT2D eigenvalue weighted by Crippen LogP contribution is -2.34. The lowest BCUT2D eigenvalue weighted by atomic mass is 9.85. The molecule has 0 radical (unpaired) electrons. The summed E-state index contributed by atoms with van der Waals surface area (Å²) in [5.41, 5.74) is 0.638. The van der Waals surface area contributed by atoms with Crippen LogP contribution in [0.4, 0.5) is 0 Å². The molecule has 0 atom stereocenters. The average molecular weight is 229 g/mol. The average Bonchev–Trinajstić information content (AvgIpc) is 2.32. The van der Waals surface area contributed by atoms with E-state index in [0.29, 0.717) is 11.6 Å². The summed E-state index contributed by atoms with van der Waals surface area (Å²) >= 11 is 0. The maximum Gasteiger partial charge on any atom is 0.272 e. The van der Waals surface area contributed by atoms with Crippen LogP contribution < -0.4 is 0 Å². The Balaban J connectivity index is 2.04. The summed E-state index contributed by atoms with van der Waals surface area (Å²) in [6.45, 7) is 0.789. The van der Waals surface area contributed by atoms with Crippen LogP contribution in [0.25, 0.3) is 0 Å². The van der Waals surface area contributed by atoms with Crippen LogP contribution in [0.1, 0.15) is 35.4 Å². The van der Waals surface area contributed by atoms with Gasteiger partial charge in [-0.15, -0.1) is 0 Å². The van der Waals surface area contributed by atoms with E-state index < -0.39 is 0 Å². The number of nitriles is 1. The lowest BCUT2D eigenvalue weighted by molar-refractivity contribution is 0.0739. The Labute approximate surface area is 101 Å². The molecule has 88 valence electrons. The summed E-state index contributed by atoms with van der Waals surface area (Å²) in [6.07, 6.45) is 3.70.